The first-order valence-corrected chi connectivity index (χ1v) is 12.5. The Morgan fingerprint density at radius 3 is 2.09 bits per heavy atom. The summed E-state index contributed by atoms with van der Waals surface area (Å²) in [5.41, 5.74) is 2.02. The van der Waals surface area contributed by atoms with Gasteiger partial charge in [-0.15, -0.1) is 0 Å². The molecule has 0 N–H and O–H groups in total. The van der Waals surface area contributed by atoms with E-state index in [-0.39, 0.29) is 0 Å². The van der Waals surface area contributed by atoms with E-state index in [0.29, 0.717) is 5.92 Å². The first-order chi connectivity index (χ1) is 15.6. The number of nitrogens with zero attached hydrogens (tertiary/aromatic N) is 6. The molecule has 2 aromatic heterocycles. The summed E-state index contributed by atoms with van der Waals surface area (Å²) >= 11 is 0. The van der Waals surface area contributed by atoms with Crippen molar-refractivity contribution in [3.8, 4) is 12.4 Å². The van der Waals surface area contributed by atoms with E-state index < -0.39 is 0 Å². The Morgan fingerprint density at radius 2 is 1.56 bits per heavy atom. The third-order valence-electron chi connectivity index (χ3n) is 6.03. The zero-order valence-electron chi connectivity index (χ0n) is 20.9. The molecule has 176 valence electrons. The van der Waals surface area contributed by atoms with Crippen molar-refractivity contribution in [1.82, 2.24) is 19.1 Å². The molecule has 0 fully saturated rings. The monoisotopic (exact) mass is 438 g/mol. The number of hydrogen-bond acceptors (Lipinski definition) is 4. The molecule has 6 heteroatoms. The molecular formula is C26H42N6. The van der Waals surface area contributed by atoms with E-state index in [1.54, 1.807) is 21.5 Å². The summed E-state index contributed by atoms with van der Waals surface area (Å²) in [6.45, 7) is 10.4. The fourth-order valence-electron chi connectivity index (χ4n) is 4.14. The van der Waals surface area contributed by atoms with Gasteiger partial charge in [0.1, 0.15) is 11.6 Å². The minimum absolute atomic E-state index is 0.435. The van der Waals surface area contributed by atoms with Crippen molar-refractivity contribution in [3.63, 3.8) is 0 Å². The second-order valence-electron chi connectivity index (χ2n) is 8.33. The number of nitriles is 2. The molecule has 0 bridgehead atoms. The van der Waals surface area contributed by atoms with Crippen molar-refractivity contribution in [1.29, 1.82) is 10.5 Å². The van der Waals surface area contributed by atoms with Gasteiger partial charge in [-0.25, -0.2) is 19.1 Å². The lowest BCUT2D eigenvalue weighted by molar-refractivity contribution is 0.505. The number of aryl methyl sites for hydroxylation is 2. The summed E-state index contributed by atoms with van der Waals surface area (Å²) in [7, 11) is 0. The van der Waals surface area contributed by atoms with Crippen LogP contribution in [0, 0.1) is 29.8 Å². The molecular weight excluding hydrogens is 396 g/mol. The second-order valence-corrected chi connectivity index (χ2v) is 8.33. The number of unbranched alkanes of at least 4 members (excludes halogenated alkanes) is 7. The molecule has 0 aliphatic heterocycles. The predicted octanol–water partition coefficient (Wildman–Crippen LogP) is 6.88. The zero-order chi connectivity index (χ0) is 23.8. The van der Waals surface area contributed by atoms with Crippen LogP contribution in [0.1, 0.15) is 121 Å². The van der Waals surface area contributed by atoms with Gasteiger partial charge in [0.2, 0.25) is 0 Å². The molecule has 0 radical (unpaired) electrons. The molecule has 32 heavy (non-hydrogen) atoms. The lowest BCUT2D eigenvalue weighted by Gasteiger charge is -2.13. The lowest BCUT2D eigenvalue weighted by atomic mass is 9.97. The molecule has 0 aliphatic rings. The van der Waals surface area contributed by atoms with Crippen molar-refractivity contribution < 1.29 is 0 Å². The van der Waals surface area contributed by atoms with Crippen molar-refractivity contribution in [2.24, 2.45) is 0 Å². The maximum absolute atomic E-state index is 9.04. The highest BCUT2D eigenvalue weighted by atomic mass is 15.1. The van der Waals surface area contributed by atoms with Gasteiger partial charge in [0.25, 0.3) is 0 Å². The average molecular weight is 439 g/mol. The standard InChI is InChI=1S/C17H29N3.C9H13N3/c1-3-5-6-7-8-9-10-11-12-16(4-2)17-19-13-14-20(17)15-18;1-4-8-7(3)11-9(5-2)12(8)6-10/h13-14,16H,3-12H2,1-2H3;4-5H2,1-3H3. The highest BCUT2D eigenvalue weighted by molar-refractivity contribution is 5.20. The topological polar surface area (TPSA) is 83.2 Å². The molecule has 2 rings (SSSR count). The van der Waals surface area contributed by atoms with Gasteiger partial charge in [0.15, 0.2) is 12.4 Å². The highest BCUT2D eigenvalue weighted by Gasteiger charge is 2.14. The number of aromatic nitrogens is 4. The fraction of sp³-hybridized carbons (Fsp3) is 0.692. The van der Waals surface area contributed by atoms with Crippen LogP contribution >= 0.6 is 0 Å². The van der Waals surface area contributed by atoms with E-state index in [1.807, 2.05) is 20.8 Å². The molecule has 0 saturated carbocycles. The van der Waals surface area contributed by atoms with Crippen molar-refractivity contribution in [2.45, 2.75) is 118 Å². The van der Waals surface area contributed by atoms with Crippen LogP contribution in [0.3, 0.4) is 0 Å². The molecule has 6 nitrogen and oxygen atoms in total. The van der Waals surface area contributed by atoms with Crippen molar-refractivity contribution in [2.75, 3.05) is 0 Å². The maximum Gasteiger partial charge on any atom is 0.190 e. The van der Waals surface area contributed by atoms with Crippen LogP contribution in [0.15, 0.2) is 12.4 Å². The van der Waals surface area contributed by atoms with Gasteiger partial charge in [-0.05, 0) is 26.2 Å². The Hall–Kier alpha value is -2.60. The summed E-state index contributed by atoms with van der Waals surface area (Å²) < 4.78 is 3.24. The van der Waals surface area contributed by atoms with Gasteiger partial charge in [-0.3, -0.25) is 0 Å². The first-order valence-electron chi connectivity index (χ1n) is 12.5. The Labute approximate surface area is 195 Å². The molecule has 0 amide bonds. The molecule has 1 atom stereocenters. The summed E-state index contributed by atoms with van der Waals surface area (Å²) in [4.78, 5) is 8.66. The molecule has 0 saturated heterocycles. The highest BCUT2D eigenvalue weighted by Crippen LogP contribution is 2.24. The fourth-order valence-corrected chi connectivity index (χ4v) is 4.14. The summed E-state index contributed by atoms with van der Waals surface area (Å²) in [5.74, 6) is 2.24. The van der Waals surface area contributed by atoms with Crippen LogP contribution < -0.4 is 0 Å². The molecule has 0 spiro atoms. The SMILES string of the molecule is CCCCCCCCCCC(CC)c1nccn1C#N.CCc1nc(C)c(CC)n1C#N. The largest absolute Gasteiger partial charge is 0.240 e. The van der Waals surface area contributed by atoms with Crippen LogP contribution in [-0.2, 0) is 12.8 Å². The quantitative estimate of drug-likeness (QED) is 0.319. The van der Waals surface area contributed by atoms with E-state index in [1.165, 1.54) is 51.4 Å². The molecule has 2 aromatic rings. The van der Waals surface area contributed by atoms with E-state index in [2.05, 4.69) is 36.2 Å². The Kier molecular flexibility index (Phi) is 13.8. The molecule has 0 aromatic carbocycles. The molecule has 2 heterocycles. The summed E-state index contributed by atoms with van der Waals surface area (Å²) in [6.07, 6.45) is 22.5. The van der Waals surface area contributed by atoms with Gasteiger partial charge in [-0.2, -0.15) is 10.5 Å². The van der Waals surface area contributed by atoms with Crippen LogP contribution in [-0.4, -0.2) is 19.1 Å². The summed E-state index contributed by atoms with van der Waals surface area (Å²) in [5, 5.41) is 17.9. The van der Waals surface area contributed by atoms with Gasteiger partial charge in [-0.1, -0.05) is 79.1 Å². The van der Waals surface area contributed by atoms with Crippen molar-refractivity contribution in [3.05, 3.63) is 35.4 Å². The van der Waals surface area contributed by atoms with Crippen molar-refractivity contribution >= 4 is 0 Å². The number of hydrogen-bond donors (Lipinski definition) is 0. The minimum Gasteiger partial charge on any atom is -0.240 e. The zero-order valence-corrected chi connectivity index (χ0v) is 20.9. The Bertz CT molecular complexity index is 849. The molecule has 0 aliphatic carbocycles. The van der Waals surface area contributed by atoms with Crippen LogP contribution in [0.25, 0.3) is 0 Å². The van der Waals surface area contributed by atoms with Gasteiger partial charge in [0.05, 0.1) is 11.4 Å². The third kappa shape index (κ3) is 8.50. The normalized spacial score (nSPS) is 11.3. The number of rotatable bonds is 13. The Balaban J connectivity index is 0.000000363. The summed E-state index contributed by atoms with van der Waals surface area (Å²) in [6, 6.07) is 0. The maximum atomic E-state index is 9.04. The smallest absolute Gasteiger partial charge is 0.190 e. The predicted molar refractivity (Wildman–Crippen MR) is 130 cm³/mol. The van der Waals surface area contributed by atoms with Gasteiger partial charge in [0, 0.05) is 24.7 Å². The van der Waals surface area contributed by atoms with Crippen LogP contribution in [0.4, 0.5) is 0 Å². The lowest BCUT2D eigenvalue weighted by Crippen LogP contribution is -2.05. The molecule has 1 unspecified atom stereocenters. The van der Waals surface area contributed by atoms with E-state index >= 15 is 0 Å². The second kappa shape index (κ2) is 16.1. The van der Waals surface area contributed by atoms with Gasteiger partial charge >= 0.3 is 0 Å². The average Bonchev–Trinajstić information content (AvgIpc) is 3.41. The Morgan fingerprint density at radius 1 is 0.906 bits per heavy atom. The van der Waals surface area contributed by atoms with E-state index in [0.717, 1.165) is 48.7 Å². The minimum atomic E-state index is 0.435. The van der Waals surface area contributed by atoms with Gasteiger partial charge < -0.3 is 0 Å². The third-order valence-corrected chi connectivity index (χ3v) is 6.03. The van der Waals surface area contributed by atoms with E-state index in [4.69, 9.17) is 10.5 Å². The first kappa shape index (κ1) is 27.4. The van der Waals surface area contributed by atoms with E-state index in [9.17, 15) is 0 Å². The van der Waals surface area contributed by atoms with Crippen LogP contribution in [0.2, 0.25) is 0 Å². The van der Waals surface area contributed by atoms with Crippen LogP contribution in [0.5, 0.6) is 0 Å². The number of imidazole rings is 2.